The van der Waals surface area contributed by atoms with Gasteiger partial charge in [0.05, 0.1) is 76.9 Å². The van der Waals surface area contributed by atoms with Gasteiger partial charge >= 0.3 is 0 Å². The summed E-state index contributed by atoms with van der Waals surface area (Å²) in [4.78, 5) is 32.3. The summed E-state index contributed by atoms with van der Waals surface area (Å²) in [6.07, 6.45) is 0. The number of carbonyl (C=O) groups excluding carboxylic acids is 2. The smallest absolute Gasteiger partial charge is 0.257 e. The molecule has 0 bridgehead atoms. The molecular formula is C32H44N2O10. The molecule has 12 heteroatoms. The first-order valence-electron chi connectivity index (χ1n) is 15.5. The standard InChI is InChI=1S/C32H44N2O10/c1-27(15-39-27)9-33(10-28(2)16-40-28)25(35)21-7-8-22(26(36)34(11-29(3)17-41-29)12-30(4)18-42-30)24(38-14-32(6)20-44-32)23(21)37-13-31(5)19-43-31/h7-8H,9-20H2,1-6H3. The van der Waals surface area contributed by atoms with Gasteiger partial charge in [-0.05, 0) is 53.7 Å². The SMILES string of the molecule is CC1(COc2c(C(=O)N(CC3(C)CO3)CC3(C)CO3)ccc(C(=O)N(CC3(C)CO3)CC3(C)CO3)c2OCC2(C)CO2)CO1. The highest BCUT2D eigenvalue weighted by molar-refractivity contribution is 6.03. The highest BCUT2D eigenvalue weighted by Gasteiger charge is 2.50. The first-order chi connectivity index (χ1) is 20.6. The average Bonchev–Trinajstić information content (AvgIpc) is 3.75. The van der Waals surface area contributed by atoms with Crippen LogP contribution >= 0.6 is 0 Å². The molecule has 6 unspecified atom stereocenters. The van der Waals surface area contributed by atoms with E-state index in [4.69, 9.17) is 37.9 Å². The van der Waals surface area contributed by atoms with Crippen LogP contribution in [0.25, 0.3) is 0 Å². The van der Waals surface area contributed by atoms with E-state index in [0.29, 0.717) is 76.9 Å². The molecule has 0 aliphatic carbocycles. The van der Waals surface area contributed by atoms with Crippen molar-refractivity contribution < 1.29 is 47.5 Å². The highest BCUT2D eigenvalue weighted by atomic mass is 16.6. The zero-order valence-corrected chi connectivity index (χ0v) is 26.6. The lowest BCUT2D eigenvalue weighted by Crippen LogP contribution is -2.44. The quantitative estimate of drug-likeness (QED) is 0.254. The van der Waals surface area contributed by atoms with Gasteiger partial charge in [0.1, 0.15) is 46.8 Å². The minimum atomic E-state index is -0.477. The van der Waals surface area contributed by atoms with Crippen LogP contribution < -0.4 is 9.47 Å². The van der Waals surface area contributed by atoms with E-state index < -0.39 is 33.6 Å². The average molecular weight is 617 g/mol. The maximum Gasteiger partial charge on any atom is 0.257 e. The van der Waals surface area contributed by atoms with Crippen LogP contribution in [-0.4, -0.2) is 134 Å². The molecule has 6 aliphatic heterocycles. The lowest BCUT2D eigenvalue weighted by Gasteiger charge is -2.30. The maximum atomic E-state index is 14.4. The largest absolute Gasteiger partial charge is 0.486 e. The summed E-state index contributed by atoms with van der Waals surface area (Å²) >= 11 is 0. The van der Waals surface area contributed by atoms with E-state index in [-0.39, 0.29) is 36.5 Å². The van der Waals surface area contributed by atoms with Gasteiger partial charge in [0.2, 0.25) is 0 Å². The second-order valence-electron chi connectivity index (χ2n) is 15.2. The molecule has 0 radical (unpaired) electrons. The summed E-state index contributed by atoms with van der Waals surface area (Å²) in [5.74, 6) is -0.0538. The third-order valence-corrected chi connectivity index (χ3v) is 9.12. The molecule has 1 aromatic rings. The molecule has 6 fully saturated rings. The van der Waals surface area contributed by atoms with Crippen LogP contribution in [0.5, 0.6) is 11.5 Å². The summed E-state index contributed by atoms with van der Waals surface area (Å²) in [5, 5.41) is 0. The third kappa shape index (κ3) is 6.85. The predicted molar refractivity (Wildman–Crippen MR) is 155 cm³/mol. The van der Waals surface area contributed by atoms with Gasteiger partial charge in [-0.15, -0.1) is 0 Å². The van der Waals surface area contributed by atoms with Crippen LogP contribution in [0.15, 0.2) is 12.1 Å². The van der Waals surface area contributed by atoms with E-state index in [2.05, 4.69) is 0 Å². The van der Waals surface area contributed by atoms with Crippen molar-refractivity contribution in [1.82, 2.24) is 9.80 Å². The number of rotatable bonds is 16. The Hall–Kier alpha value is -2.48. The Balaban J connectivity index is 1.27. The van der Waals surface area contributed by atoms with E-state index in [1.807, 2.05) is 41.5 Å². The fourth-order valence-corrected chi connectivity index (χ4v) is 5.26. The molecule has 7 rings (SSSR count). The number of ether oxygens (including phenoxy) is 8. The first-order valence-corrected chi connectivity index (χ1v) is 15.5. The van der Waals surface area contributed by atoms with Crippen LogP contribution in [0.3, 0.4) is 0 Å². The molecular weight excluding hydrogens is 572 g/mol. The minimum absolute atomic E-state index is 0.193. The van der Waals surface area contributed by atoms with E-state index in [1.54, 1.807) is 21.9 Å². The van der Waals surface area contributed by atoms with Crippen molar-refractivity contribution in [2.45, 2.75) is 75.1 Å². The molecule has 6 heterocycles. The Kier molecular flexibility index (Phi) is 6.87. The number of carbonyl (C=O) groups is 2. The van der Waals surface area contributed by atoms with Crippen molar-refractivity contribution in [1.29, 1.82) is 0 Å². The third-order valence-electron chi connectivity index (χ3n) is 9.12. The molecule has 0 N–H and O–H groups in total. The van der Waals surface area contributed by atoms with Crippen molar-refractivity contribution in [3.05, 3.63) is 23.3 Å². The molecule has 0 spiro atoms. The monoisotopic (exact) mass is 616 g/mol. The molecule has 12 nitrogen and oxygen atoms in total. The molecule has 6 saturated heterocycles. The van der Waals surface area contributed by atoms with Crippen molar-refractivity contribution >= 4 is 11.8 Å². The van der Waals surface area contributed by atoms with Gasteiger partial charge < -0.3 is 47.7 Å². The molecule has 2 amide bonds. The van der Waals surface area contributed by atoms with Gasteiger partial charge in [-0.25, -0.2) is 0 Å². The summed E-state index contributed by atoms with van der Waals surface area (Å²) in [6, 6.07) is 3.34. The lowest BCUT2D eigenvalue weighted by molar-refractivity contribution is 0.0643. The minimum Gasteiger partial charge on any atom is -0.486 e. The maximum absolute atomic E-state index is 14.4. The van der Waals surface area contributed by atoms with Gasteiger partial charge in [0, 0.05) is 0 Å². The van der Waals surface area contributed by atoms with Gasteiger partial charge in [0.25, 0.3) is 11.8 Å². The fraction of sp³-hybridized carbons (Fsp3) is 0.750. The number of nitrogens with zero attached hydrogens (tertiary/aromatic N) is 2. The first kappa shape index (κ1) is 30.2. The van der Waals surface area contributed by atoms with Crippen molar-refractivity contribution in [3.63, 3.8) is 0 Å². The molecule has 6 atom stereocenters. The van der Waals surface area contributed by atoms with Crippen LogP contribution in [-0.2, 0) is 28.4 Å². The van der Waals surface area contributed by atoms with E-state index >= 15 is 0 Å². The fourth-order valence-electron chi connectivity index (χ4n) is 5.26. The van der Waals surface area contributed by atoms with Gasteiger partial charge in [0.15, 0.2) is 11.5 Å². The molecule has 242 valence electrons. The van der Waals surface area contributed by atoms with Crippen LogP contribution in [0.2, 0.25) is 0 Å². The van der Waals surface area contributed by atoms with Gasteiger partial charge in [-0.1, -0.05) is 0 Å². The normalized spacial score (nSPS) is 38.9. The van der Waals surface area contributed by atoms with E-state index in [1.165, 1.54) is 0 Å². The van der Waals surface area contributed by atoms with Crippen molar-refractivity contribution in [3.8, 4) is 11.5 Å². The molecule has 44 heavy (non-hydrogen) atoms. The molecule has 1 aromatic carbocycles. The van der Waals surface area contributed by atoms with E-state index in [0.717, 1.165) is 0 Å². The number of amides is 2. The number of benzene rings is 1. The summed E-state index contributed by atoms with van der Waals surface area (Å²) in [5.41, 5.74) is -1.99. The highest BCUT2D eigenvalue weighted by Crippen LogP contribution is 2.42. The Labute approximate surface area is 258 Å². The summed E-state index contributed by atoms with van der Waals surface area (Å²) < 4.78 is 46.7. The van der Waals surface area contributed by atoms with E-state index in [9.17, 15) is 9.59 Å². The second kappa shape index (κ2) is 10.0. The van der Waals surface area contributed by atoms with Crippen molar-refractivity contribution in [2.24, 2.45) is 0 Å². The number of hydrogen-bond acceptors (Lipinski definition) is 10. The lowest BCUT2D eigenvalue weighted by atomic mass is 10.0. The topological polar surface area (TPSA) is 134 Å². The predicted octanol–water partition coefficient (Wildman–Crippen LogP) is 2.06. The second-order valence-corrected chi connectivity index (χ2v) is 15.2. The van der Waals surface area contributed by atoms with Gasteiger partial charge in [-0.3, -0.25) is 9.59 Å². The Bertz CT molecular complexity index is 1200. The van der Waals surface area contributed by atoms with Crippen molar-refractivity contribution in [2.75, 3.05) is 79.0 Å². The van der Waals surface area contributed by atoms with Crippen LogP contribution in [0, 0.1) is 0 Å². The Morgan fingerprint density at radius 1 is 0.545 bits per heavy atom. The van der Waals surface area contributed by atoms with Crippen LogP contribution in [0.1, 0.15) is 62.3 Å². The number of hydrogen-bond donors (Lipinski definition) is 0. The Morgan fingerprint density at radius 3 is 1.02 bits per heavy atom. The number of epoxide rings is 6. The zero-order valence-electron chi connectivity index (χ0n) is 26.6. The Morgan fingerprint density at radius 2 is 0.795 bits per heavy atom. The molecule has 6 aliphatic rings. The summed E-state index contributed by atoms with van der Waals surface area (Å²) in [7, 11) is 0. The summed E-state index contributed by atoms with van der Waals surface area (Å²) in [6.45, 7) is 17.2. The van der Waals surface area contributed by atoms with Crippen LogP contribution in [0.4, 0.5) is 0 Å². The molecule has 0 aromatic heterocycles. The zero-order chi connectivity index (χ0) is 31.2. The van der Waals surface area contributed by atoms with Gasteiger partial charge in [-0.2, -0.15) is 0 Å². The molecule has 0 saturated carbocycles.